The molecule has 0 radical (unpaired) electrons. The molecule has 2 aliphatic rings. The number of hydrogen-bond donors (Lipinski definition) is 3. The summed E-state index contributed by atoms with van der Waals surface area (Å²) in [6.07, 6.45) is 8.17. The Bertz CT molecular complexity index is 1440. The van der Waals surface area contributed by atoms with E-state index in [2.05, 4.69) is 26.0 Å². The summed E-state index contributed by atoms with van der Waals surface area (Å²) < 4.78 is 0. The van der Waals surface area contributed by atoms with Gasteiger partial charge in [0.15, 0.2) is 28.8 Å². The van der Waals surface area contributed by atoms with Crippen molar-refractivity contribution >= 4 is 23.1 Å². The molecule has 1 aromatic rings. The fourth-order valence-corrected chi connectivity index (χ4v) is 7.25. The lowest BCUT2D eigenvalue weighted by Gasteiger charge is -2.61. The van der Waals surface area contributed by atoms with E-state index in [1.165, 1.54) is 12.1 Å². The maximum atomic E-state index is 15.2. The van der Waals surface area contributed by atoms with Gasteiger partial charge in [-0.3, -0.25) is 14.4 Å². The van der Waals surface area contributed by atoms with Crippen LogP contribution in [-0.2, 0) is 14.4 Å². The average Bonchev–Trinajstić information content (AvgIpc) is 2.91. The predicted molar refractivity (Wildman–Crippen MR) is 176 cm³/mol. The van der Waals surface area contributed by atoms with Crippen LogP contribution in [0.5, 0.6) is 11.5 Å². The molecule has 6 heteroatoms. The first-order valence-corrected chi connectivity index (χ1v) is 15.8. The first-order valence-electron chi connectivity index (χ1n) is 15.8. The Morgan fingerprint density at radius 3 is 2.00 bits per heavy atom. The number of fused-ring (bicyclic) bond motifs is 2. The monoisotopic (exact) mass is 604 g/mol. The van der Waals surface area contributed by atoms with Crippen LogP contribution in [0.2, 0.25) is 0 Å². The molecule has 0 amide bonds. The molecule has 3 N–H and O–H groups in total. The van der Waals surface area contributed by atoms with Crippen LogP contribution in [0.3, 0.4) is 0 Å². The van der Waals surface area contributed by atoms with Crippen molar-refractivity contribution in [2.24, 2.45) is 34.0 Å². The molecule has 0 saturated heterocycles. The van der Waals surface area contributed by atoms with E-state index in [0.717, 1.165) is 22.8 Å². The summed E-state index contributed by atoms with van der Waals surface area (Å²) >= 11 is 0. The smallest absolute Gasteiger partial charge is 0.184 e. The summed E-state index contributed by atoms with van der Waals surface area (Å²) in [5, 5.41) is 31.8. The molecule has 1 aromatic carbocycles. The summed E-state index contributed by atoms with van der Waals surface area (Å²) in [4.78, 5) is 45.0. The van der Waals surface area contributed by atoms with Crippen LogP contribution in [-0.4, -0.2) is 32.7 Å². The minimum atomic E-state index is -1.59. The highest BCUT2D eigenvalue weighted by Crippen LogP contribution is 2.66. The number of allylic oxidation sites excluding steroid dienone is 7. The molecule has 0 aliphatic heterocycles. The van der Waals surface area contributed by atoms with Crippen molar-refractivity contribution in [3.63, 3.8) is 0 Å². The average molecular weight is 605 g/mol. The lowest BCUT2D eigenvalue weighted by Crippen LogP contribution is -2.70. The number of aliphatic hydroxyl groups is 1. The van der Waals surface area contributed by atoms with Crippen LogP contribution >= 0.6 is 0 Å². The van der Waals surface area contributed by atoms with E-state index in [0.29, 0.717) is 12.8 Å². The number of carbonyl (C=O) groups is 3. The van der Waals surface area contributed by atoms with E-state index in [1.807, 2.05) is 61.5 Å². The summed E-state index contributed by atoms with van der Waals surface area (Å²) in [5.74, 6) is -3.08. The predicted octanol–water partition coefficient (Wildman–Crippen LogP) is 8.84. The van der Waals surface area contributed by atoms with Crippen LogP contribution < -0.4 is 0 Å². The van der Waals surface area contributed by atoms with Crippen LogP contribution in [0.4, 0.5) is 0 Å². The zero-order valence-electron chi connectivity index (χ0n) is 28.3. The third-order valence-corrected chi connectivity index (χ3v) is 10.3. The lowest BCUT2D eigenvalue weighted by atomic mass is 9.38. The second-order valence-corrected chi connectivity index (χ2v) is 14.8. The molecule has 2 aliphatic carbocycles. The fraction of sp³-hybridized carbons (Fsp3) is 0.553. The number of aliphatic hydroxyl groups excluding tert-OH is 1. The van der Waals surface area contributed by atoms with Gasteiger partial charge in [0.2, 0.25) is 0 Å². The lowest BCUT2D eigenvalue weighted by molar-refractivity contribution is -0.177. The van der Waals surface area contributed by atoms with Crippen LogP contribution in [0.15, 0.2) is 58.7 Å². The molecule has 2 fully saturated rings. The van der Waals surface area contributed by atoms with Gasteiger partial charge in [-0.1, -0.05) is 62.6 Å². The van der Waals surface area contributed by atoms with E-state index in [1.54, 1.807) is 0 Å². The fourth-order valence-electron chi connectivity index (χ4n) is 7.25. The molecule has 240 valence electrons. The van der Waals surface area contributed by atoms with Crippen LogP contribution in [0.1, 0.15) is 107 Å². The molecule has 0 spiro atoms. The van der Waals surface area contributed by atoms with E-state index in [4.69, 9.17) is 0 Å². The van der Waals surface area contributed by atoms with Gasteiger partial charge in [-0.15, -0.1) is 0 Å². The number of hydrogen-bond acceptors (Lipinski definition) is 6. The van der Waals surface area contributed by atoms with Crippen molar-refractivity contribution in [3.8, 4) is 11.5 Å². The normalized spacial score (nSPS) is 26.2. The van der Waals surface area contributed by atoms with Crippen molar-refractivity contribution in [1.82, 2.24) is 0 Å². The molecule has 4 atom stereocenters. The maximum absolute atomic E-state index is 15.2. The Hall–Kier alpha value is -3.41. The van der Waals surface area contributed by atoms with Gasteiger partial charge in [0.05, 0.1) is 5.41 Å². The largest absolute Gasteiger partial charge is 0.506 e. The van der Waals surface area contributed by atoms with Gasteiger partial charge in [0.25, 0.3) is 0 Å². The van der Waals surface area contributed by atoms with Crippen molar-refractivity contribution in [3.05, 3.63) is 64.3 Å². The van der Waals surface area contributed by atoms with Gasteiger partial charge in [-0.25, -0.2) is 0 Å². The molecule has 0 heterocycles. The number of Topliss-reactive ketones (excluding diaryl/α,β-unsaturated/α-hetero) is 3. The molecule has 44 heavy (non-hydrogen) atoms. The van der Waals surface area contributed by atoms with E-state index in [9.17, 15) is 24.9 Å². The summed E-state index contributed by atoms with van der Waals surface area (Å²) in [7, 11) is 0. The Labute approximate surface area is 263 Å². The second kappa shape index (κ2) is 12.9. The van der Waals surface area contributed by atoms with Gasteiger partial charge >= 0.3 is 0 Å². The number of rotatable bonds is 10. The zero-order valence-corrected chi connectivity index (χ0v) is 28.3. The molecular formula is C38H52O6. The quantitative estimate of drug-likeness (QED) is 0.0614. The van der Waals surface area contributed by atoms with Crippen molar-refractivity contribution in [1.29, 1.82) is 0 Å². The molecule has 3 rings (SSSR count). The summed E-state index contributed by atoms with van der Waals surface area (Å²) in [6.45, 7) is 20.1. The van der Waals surface area contributed by atoms with Crippen molar-refractivity contribution in [2.45, 2.75) is 101 Å². The minimum absolute atomic E-state index is 0.0152. The number of aromatic hydroxyl groups is 2. The van der Waals surface area contributed by atoms with Gasteiger partial charge in [-0.2, -0.15) is 0 Å². The van der Waals surface area contributed by atoms with Crippen molar-refractivity contribution < 1.29 is 29.7 Å². The van der Waals surface area contributed by atoms with Crippen LogP contribution in [0, 0.1) is 34.0 Å². The van der Waals surface area contributed by atoms with E-state index < -0.39 is 45.1 Å². The standard InChI is InChI=1S/C38H52O6/c1-22(2)11-13-27(25(7)8)20-37-21-28(15-12-23(3)4)36(9,10)38(35(37)44,18-17-24(5)6)34(43)31(33(37)42)32(41)26-14-16-29(39)30(40)19-26/h11-12,14,16-17,19,25,27-28,39-41H,13,15,18,20-21H2,1-10H3/t27-,28+,37+,38-/m0/s1. The molecule has 6 nitrogen and oxygen atoms in total. The molecule has 0 unspecified atom stereocenters. The third-order valence-electron chi connectivity index (χ3n) is 10.3. The first kappa shape index (κ1) is 35.1. The molecule has 2 bridgehead atoms. The number of phenolic OH excluding ortho intramolecular Hbond substituents is 2. The summed E-state index contributed by atoms with van der Waals surface area (Å²) in [6, 6.07) is 3.69. The molecule has 2 saturated carbocycles. The Kier molecular flexibility index (Phi) is 10.3. The van der Waals surface area contributed by atoms with Gasteiger partial charge in [0, 0.05) is 5.56 Å². The first-order chi connectivity index (χ1) is 20.3. The van der Waals surface area contributed by atoms with Crippen molar-refractivity contribution in [2.75, 3.05) is 0 Å². The highest BCUT2D eigenvalue weighted by Gasteiger charge is 2.74. The minimum Gasteiger partial charge on any atom is -0.506 e. The second-order valence-electron chi connectivity index (χ2n) is 14.8. The molecule has 0 aromatic heterocycles. The van der Waals surface area contributed by atoms with E-state index >= 15 is 4.79 Å². The van der Waals surface area contributed by atoms with Crippen LogP contribution in [0.25, 0.3) is 5.76 Å². The summed E-state index contributed by atoms with van der Waals surface area (Å²) in [5.41, 5.74) is -1.06. The van der Waals surface area contributed by atoms with Gasteiger partial charge in [0.1, 0.15) is 16.7 Å². The topological polar surface area (TPSA) is 112 Å². The highest BCUT2D eigenvalue weighted by molar-refractivity contribution is 6.41. The Balaban J connectivity index is 2.46. The maximum Gasteiger partial charge on any atom is 0.184 e. The highest BCUT2D eigenvalue weighted by atomic mass is 16.3. The Morgan fingerprint density at radius 2 is 1.48 bits per heavy atom. The number of phenols is 2. The van der Waals surface area contributed by atoms with Gasteiger partial charge in [-0.05, 0) is 115 Å². The number of carbonyl (C=O) groups excluding carboxylic acids is 3. The Morgan fingerprint density at radius 1 is 0.886 bits per heavy atom. The molecular weight excluding hydrogens is 552 g/mol. The number of ketones is 3. The number of benzene rings is 1. The SMILES string of the molecule is CC(C)=CC[C@@H](C[C@@]12C[C@@H](CC=C(C)C)C(C)(C)[C@@](CC=C(C)C)(C(=O)C(=C(O)c3ccc(O)c(O)c3)C1=O)C2=O)C(C)C. The van der Waals surface area contributed by atoms with E-state index in [-0.39, 0.29) is 53.9 Å². The third kappa shape index (κ3) is 6.09. The zero-order chi connectivity index (χ0) is 33.4. The van der Waals surface area contributed by atoms with Gasteiger partial charge < -0.3 is 15.3 Å².